The molecule has 0 aliphatic rings. The molecular weight excluding hydrogens is 386 g/mol. The molecule has 0 bridgehead atoms. The van der Waals surface area contributed by atoms with E-state index in [-0.39, 0.29) is 16.9 Å². The lowest BCUT2D eigenvalue weighted by Gasteiger charge is -2.09. The number of unbranched alkanes of at least 4 members (excludes halogenated alkanes) is 1. The monoisotopic (exact) mass is 411 g/mol. The molecule has 0 aromatic heterocycles. The maximum atomic E-state index is 12.1. The molecule has 0 fully saturated rings. The third kappa shape index (κ3) is 7.38. The lowest BCUT2D eigenvalue weighted by molar-refractivity contribution is -0.115. The molecule has 6 nitrogen and oxygen atoms in total. The fourth-order valence-electron chi connectivity index (χ4n) is 2.47. The van der Waals surface area contributed by atoms with E-state index in [2.05, 4.69) is 22.9 Å². The molecule has 2 amide bonds. The molecular formula is C22H25N3O3S. The van der Waals surface area contributed by atoms with Gasteiger partial charge in [0.05, 0.1) is 7.11 Å². The zero-order valence-electron chi connectivity index (χ0n) is 16.5. The summed E-state index contributed by atoms with van der Waals surface area (Å²) >= 11 is 5.17. The van der Waals surface area contributed by atoms with E-state index in [1.165, 1.54) is 6.08 Å². The summed E-state index contributed by atoms with van der Waals surface area (Å²) in [7, 11) is 1.58. The second-order valence-corrected chi connectivity index (χ2v) is 6.61. The highest BCUT2D eigenvalue weighted by Crippen LogP contribution is 2.18. The number of rotatable bonds is 8. The van der Waals surface area contributed by atoms with Gasteiger partial charge in [-0.2, -0.15) is 0 Å². The number of methoxy groups -OCH3 is 1. The summed E-state index contributed by atoms with van der Waals surface area (Å²) in [5.41, 5.74) is 2.03. The first-order chi connectivity index (χ1) is 14.0. The number of amides is 2. The Morgan fingerprint density at radius 3 is 2.52 bits per heavy atom. The zero-order valence-corrected chi connectivity index (χ0v) is 17.3. The van der Waals surface area contributed by atoms with Crippen molar-refractivity contribution in [2.24, 2.45) is 0 Å². The van der Waals surface area contributed by atoms with Crippen molar-refractivity contribution in [2.45, 2.75) is 19.8 Å². The Bertz CT molecular complexity index is 879. The van der Waals surface area contributed by atoms with E-state index in [1.807, 2.05) is 24.3 Å². The average Bonchev–Trinajstić information content (AvgIpc) is 2.73. The zero-order chi connectivity index (χ0) is 21.1. The Morgan fingerprint density at radius 1 is 1.10 bits per heavy atom. The van der Waals surface area contributed by atoms with Gasteiger partial charge in [-0.25, -0.2) is 0 Å². The van der Waals surface area contributed by atoms with Gasteiger partial charge in [-0.15, -0.1) is 0 Å². The summed E-state index contributed by atoms with van der Waals surface area (Å²) in [5.74, 6) is 0.207. The standard InChI is InChI=1S/C22H25N3O3S/c1-3-4-15-23-21(27)17-9-12-18(13-10-17)24-22(29)25-20(26)14-11-16-7-5-6-8-19(16)28-2/h5-14H,3-4,15H2,1-2H3,(H,23,27)(H2,24,25,26,29)/b14-11+. The van der Waals surface area contributed by atoms with Gasteiger partial charge >= 0.3 is 0 Å². The van der Waals surface area contributed by atoms with Crippen molar-refractivity contribution in [1.29, 1.82) is 0 Å². The minimum Gasteiger partial charge on any atom is -0.496 e. The van der Waals surface area contributed by atoms with Crippen LogP contribution >= 0.6 is 12.2 Å². The molecule has 2 rings (SSSR count). The Kier molecular flexibility index (Phi) is 8.85. The van der Waals surface area contributed by atoms with Crippen molar-refractivity contribution >= 4 is 40.9 Å². The van der Waals surface area contributed by atoms with Crippen LogP contribution in [0.4, 0.5) is 5.69 Å². The van der Waals surface area contributed by atoms with Gasteiger partial charge in [0.1, 0.15) is 5.75 Å². The first kappa shape index (κ1) is 22.1. The molecule has 0 heterocycles. The summed E-state index contributed by atoms with van der Waals surface area (Å²) in [5, 5.41) is 8.53. The van der Waals surface area contributed by atoms with Crippen LogP contribution in [0.1, 0.15) is 35.7 Å². The van der Waals surface area contributed by atoms with Crippen molar-refractivity contribution in [1.82, 2.24) is 10.6 Å². The van der Waals surface area contributed by atoms with E-state index in [0.29, 0.717) is 23.5 Å². The van der Waals surface area contributed by atoms with E-state index in [9.17, 15) is 9.59 Å². The van der Waals surface area contributed by atoms with Gasteiger partial charge in [0.2, 0.25) is 5.91 Å². The van der Waals surface area contributed by atoms with E-state index < -0.39 is 0 Å². The molecule has 0 spiro atoms. The molecule has 0 unspecified atom stereocenters. The van der Waals surface area contributed by atoms with E-state index in [1.54, 1.807) is 37.5 Å². The van der Waals surface area contributed by atoms with Gasteiger partial charge < -0.3 is 15.4 Å². The van der Waals surface area contributed by atoms with Crippen LogP contribution in [0.3, 0.4) is 0 Å². The van der Waals surface area contributed by atoms with Gasteiger partial charge in [0.25, 0.3) is 5.91 Å². The highest BCUT2D eigenvalue weighted by atomic mass is 32.1. The summed E-state index contributed by atoms with van der Waals surface area (Å²) < 4.78 is 5.24. The van der Waals surface area contributed by atoms with Crippen molar-refractivity contribution in [3.63, 3.8) is 0 Å². The topological polar surface area (TPSA) is 79.5 Å². The van der Waals surface area contributed by atoms with Crippen LogP contribution in [0, 0.1) is 0 Å². The molecule has 2 aromatic rings. The van der Waals surface area contributed by atoms with Gasteiger partial charge in [-0.05, 0) is 55.0 Å². The molecule has 152 valence electrons. The average molecular weight is 412 g/mol. The first-order valence-corrected chi connectivity index (χ1v) is 9.75. The van der Waals surface area contributed by atoms with E-state index in [0.717, 1.165) is 18.4 Å². The molecule has 7 heteroatoms. The predicted octanol–water partition coefficient (Wildman–Crippen LogP) is 3.75. The maximum absolute atomic E-state index is 12.1. The number of ether oxygens (including phenoxy) is 1. The molecule has 0 aliphatic heterocycles. The third-order valence-corrected chi connectivity index (χ3v) is 4.21. The second-order valence-electron chi connectivity index (χ2n) is 6.21. The van der Waals surface area contributed by atoms with Gasteiger partial charge in [-0.1, -0.05) is 31.5 Å². The maximum Gasteiger partial charge on any atom is 0.251 e. The number of nitrogens with one attached hydrogen (secondary N) is 3. The molecule has 0 atom stereocenters. The van der Waals surface area contributed by atoms with Crippen molar-refractivity contribution in [3.8, 4) is 5.75 Å². The molecule has 2 aromatic carbocycles. The highest BCUT2D eigenvalue weighted by molar-refractivity contribution is 7.80. The van der Waals surface area contributed by atoms with Crippen LogP contribution in [-0.4, -0.2) is 30.6 Å². The van der Waals surface area contributed by atoms with Gasteiger partial charge in [0.15, 0.2) is 5.11 Å². The molecule has 0 saturated heterocycles. The number of para-hydroxylation sites is 1. The van der Waals surface area contributed by atoms with Crippen molar-refractivity contribution in [3.05, 3.63) is 65.7 Å². The predicted molar refractivity (Wildman–Crippen MR) is 120 cm³/mol. The molecule has 3 N–H and O–H groups in total. The molecule has 29 heavy (non-hydrogen) atoms. The quantitative estimate of drug-likeness (QED) is 0.350. The number of hydrogen-bond donors (Lipinski definition) is 3. The van der Waals surface area contributed by atoms with Crippen molar-refractivity contribution < 1.29 is 14.3 Å². The minimum atomic E-state index is -0.361. The number of benzene rings is 2. The normalized spacial score (nSPS) is 10.4. The minimum absolute atomic E-state index is 0.109. The van der Waals surface area contributed by atoms with Crippen LogP contribution in [0.5, 0.6) is 5.75 Å². The van der Waals surface area contributed by atoms with Crippen molar-refractivity contribution in [2.75, 3.05) is 19.0 Å². The SMILES string of the molecule is CCCCNC(=O)c1ccc(NC(=S)NC(=O)/C=C/c2ccccc2OC)cc1. The number of carbonyl (C=O) groups excluding carboxylic acids is 2. The third-order valence-electron chi connectivity index (χ3n) is 4.01. The lowest BCUT2D eigenvalue weighted by atomic mass is 10.2. The number of anilines is 1. The largest absolute Gasteiger partial charge is 0.496 e. The number of carbonyl (C=O) groups is 2. The first-order valence-electron chi connectivity index (χ1n) is 9.34. The smallest absolute Gasteiger partial charge is 0.251 e. The van der Waals surface area contributed by atoms with Crippen LogP contribution in [-0.2, 0) is 4.79 Å². The fourth-order valence-corrected chi connectivity index (χ4v) is 2.69. The number of thiocarbonyl (C=S) groups is 1. The van der Waals surface area contributed by atoms with Crippen LogP contribution in [0.25, 0.3) is 6.08 Å². The molecule has 0 aliphatic carbocycles. The van der Waals surface area contributed by atoms with Crippen LogP contribution < -0.4 is 20.7 Å². The Hall–Kier alpha value is -3.19. The van der Waals surface area contributed by atoms with Gasteiger partial charge in [-0.3, -0.25) is 14.9 Å². The van der Waals surface area contributed by atoms with Crippen LogP contribution in [0.2, 0.25) is 0 Å². The summed E-state index contributed by atoms with van der Waals surface area (Å²) in [6, 6.07) is 14.3. The Labute approximate surface area is 176 Å². The number of hydrogen-bond acceptors (Lipinski definition) is 4. The highest BCUT2D eigenvalue weighted by Gasteiger charge is 2.06. The Morgan fingerprint density at radius 2 is 1.83 bits per heavy atom. The van der Waals surface area contributed by atoms with E-state index >= 15 is 0 Å². The summed E-state index contributed by atoms with van der Waals surface area (Å²) in [6.45, 7) is 2.73. The Balaban J connectivity index is 1.86. The summed E-state index contributed by atoms with van der Waals surface area (Å²) in [4.78, 5) is 24.1. The van der Waals surface area contributed by atoms with Crippen LogP contribution in [0.15, 0.2) is 54.6 Å². The summed E-state index contributed by atoms with van der Waals surface area (Å²) in [6.07, 6.45) is 5.02. The molecule has 0 radical (unpaired) electrons. The van der Waals surface area contributed by atoms with E-state index in [4.69, 9.17) is 17.0 Å². The molecule has 0 saturated carbocycles. The fraction of sp³-hybridized carbons (Fsp3) is 0.227. The van der Waals surface area contributed by atoms with Gasteiger partial charge in [0, 0.05) is 29.4 Å². The lowest BCUT2D eigenvalue weighted by Crippen LogP contribution is -2.32. The second kappa shape index (κ2) is 11.6.